The molecule has 1 heterocycles. The second kappa shape index (κ2) is 6.19. The molecular weight excluding hydrogens is 295 g/mol. The number of halogens is 2. The van der Waals surface area contributed by atoms with Crippen LogP contribution in [0, 0.1) is 11.8 Å². The van der Waals surface area contributed by atoms with E-state index >= 15 is 0 Å². The fourth-order valence-corrected chi connectivity index (χ4v) is 2.56. The van der Waals surface area contributed by atoms with E-state index in [0.717, 1.165) is 0 Å². The summed E-state index contributed by atoms with van der Waals surface area (Å²) in [6, 6.07) is 1.29. The number of pyridine rings is 1. The molecule has 0 aliphatic heterocycles. The highest BCUT2D eigenvalue weighted by Crippen LogP contribution is 2.22. The summed E-state index contributed by atoms with van der Waals surface area (Å²) in [6.07, 6.45) is 1.19. The van der Waals surface area contributed by atoms with Crippen LogP contribution in [-0.2, 0) is 10.0 Å². The summed E-state index contributed by atoms with van der Waals surface area (Å²) >= 11 is 11.4. The van der Waals surface area contributed by atoms with Gasteiger partial charge in [0, 0.05) is 12.7 Å². The Morgan fingerprint density at radius 3 is 2.44 bits per heavy atom. The summed E-state index contributed by atoms with van der Waals surface area (Å²) in [7, 11) is -3.58. The molecule has 1 unspecified atom stereocenters. The Kier molecular flexibility index (Phi) is 5.40. The predicted molar refractivity (Wildman–Crippen MR) is 73.4 cm³/mol. The van der Waals surface area contributed by atoms with Crippen molar-refractivity contribution in [2.24, 2.45) is 11.8 Å². The molecule has 1 aromatic rings. The van der Waals surface area contributed by atoms with E-state index in [0.29, 0.717) is 12.5 Å². The summed E-state index contributed by atoms with van der Waals surface area (Å²) in [5.74, 6) is 0.648. The van der Waals surface area contributed by atoms with Crippen molar-refractivity contribution >= 4 is 33.2 Å². The Bertz CT molecular complexity index is 518. The van der Waals surface area contributed by atoms with Crippen molar-refractivity contribution in [1.29, 1.82) is 0 Å². The molecule has 1 atom stereocenters. The molecule has 102 valence electrons. The molecule has 7 heteroatoms. The first-order valence-electron chi connectivity index (χ1n) is 5.54. The molecule has 0 aliphatic carbocycles. The molecule has 1 aromatic heterocycles. The number of nitrogens with one attached hydrogen (secondary N) is 1. The van der Waals surface area contributed by atoms with Crippen LogP contribution in [0.1, 0.15) is 20.8 Å². The van der Waals surface area contributed by atoms with Crippen molar-refractivity contribution in [3.05, 3.63) is 22.4 Å². The van der Waals surface area contributed by atoms with Crippen LogP contribution in [0.15, 0.2) is 17.2 Å². The third-order valence-electron chi connectivity index (χ3n) is 2.81. The molecule has 0 fully saturated rings. The zero-order chi connectivity index (χ0) is 13.9. The van der Waals surface area contributed by atoms with E-state index in [1.54, 1.807) is 0 Å². The summed E-state index contributed by atoms with van der Waals surface area (Å²) in [4.78, 5) is 3.74. The predicted octanol–water partition coefficient (Wildman–Crippen LogP) is 2.96. The Morgan fingerprint density at radius 2 is 1.94 bits per heavy atom. The van der Waals surface area contributed by atoms with E-state index < -0.39 is 10.0 Å². The summed E-state index contributed by atoms with van der Waals surface area (Å²) in [5, 5.41) is 0.211. The minimum absolute atomic E-state index is 0.0212. The van der Waals surface area contributed by atoms with Gasteiger partial charge in [-0.1, -0.05) is 44.0 Å². The molecule has 0 aromatic carbocycles. The maximum Gasteiger partial charge on any atom is 0.242 e. The quantitative estimate of drug-likeness (QED) is 0.851. The zero-order valence-electron chi connectivity index (χ0n) is 10.4. The van der Waals surface area contributed by atoms with Gasteiger partial charge in [-0.15, -0.1) is 0 Å². The molecule has 0 aliphatic rings. The van der Waals surface area contributed by atoms with Gasteiger partial charge in [0.25, 0.3) is 0 Å². The van der Waals surface area contributed by atoms with Gasteiger partial charge in [-0.2, -0.15) is 0 Å². The standard InChI is InChI=1S/C11H16Cl2N2O2S/c1-7(2)8(3)5-15-18(16,17)9-4-10(12)11(13)14-6-9/h4,6-8,15H,5H2,1-3H3. The van der Waals surface area contributed by atoms with Gasteiger partial charge in [0.15, 0.2) is 0 Å². The van der Waals surface area contributed by atoms with Crippen LogP contribution in [0.5, 0.6) is 0 Å². The van der Waals surface area contributed by atoms with Crippen LogP contribution >= 0.6 is 23.2 Å². The van der Waals surface area contributed by atoms with Crippen LogP contribution in [-0.4, -0.2) is 19.9 Å². The lowest BCUT2D eigenvalue weighted by Gasteiger charge is -2.16. The smallest absolute Gasteiger partial charge is 0.242 e. The highest BCUT2D eigenvalue weighted by Gasteiger charge is 2.18. The van der Waals surface area contributed by atoms with E-state index in [2.05, 4.69) is 9.71 Å². The molecule has 0 saturated heterocycles. The van der Waals surface area contributed by atoms with E-state index in [-0.39, 0.29) is 21.0 Å². The van der Waals surface area contributed by atoms with Crippen molar-refractivity contribution in [1.82, 2.24) is 9.71 Å². The van der Waals surface area contributed by atoms with Crippen molar-refractivity contribution in [3.63, 3.8) is 0 Å². The third kappa shape index (κ3) is 4.09. The van der Waals surface area contributed by atoms with Crippen LogP contribution < -0.4 is 4.72 Å². The monoisotopic (exact) mass is 310 g/mol. The second-order valence-corrected chi connectivity index (χ2v) is 7.05. The molecular formula is C11H16Cl2N2O2S. The number of nitrogens with zero attached hydrogens (tertiary/aromatic N) is 1. The zero-order valence-corrected chi connectivity index (χ0v) is 12.8. The molecule has 4 nitrogen and oxygen atoms in total. The highest BCUT2D eigenvalue weighted by atomic mass is 35.5. The Balaban J connectivity index is 2.83. The van der Waals surface area contributed by atoms with E-state index in [1.807, 2.05) is 20.8 Å². The second-order valence-electron chi connectivity index (χ2n) is 4.52. The first kappa shape index (κ1) is 15.7. The molecule has 0 bridgehead atoms. The molecule has 0 saturated carbocycles. The molecule has 1 rings (SSSR count). The number of sulfonamides is 1. The van der Waals surface area contributed by atoms with Gasteiger partial charge in [0.2, 0.25) is 10.0 Å². The maximum absolute atomic E-state index is 12.0. The van der Waals surface area contributed by atoms with Crippen LogP contribution in [0.4, 0.5) is 0 Å². The first-order chi connectivity index (χ1) is 8.24. The average molecular weight is 311 g/mol. The molecule has 0 amide bonds. The summed E-state index contributed by atoms with van der Waals surface area (Å²) in [6.45, 7) is 6.44. The lowest BCUT2D eigenvalue weighted by molar-refractivity contribution is 0.414. The van der Waals surface area contributed by atoms with Crippen LogP contribution in [0.3, 0.4) is 0 Å². The van der Waals surface area contributed by atoms with Crippen LogP contribution in [0.2, 0.25) is 10.2 Å². The number of aromatic nitrogens is 1. The van der Waals surface area contributed by atoms with Gasteiger partial charge in [0.1, 0.15) is 10.0 Å². The first-order valence-corrected chi connectivity index (χ1v) is 7.78. The summed E-state index contributed by atoms with van der Waals surface area (Å²) in [5.41, 5.74) is 0. The normalized spacial score (nSPS) is 13.9. The Hall–Kier alpha value is -0.360. The molecule has 1 N–H and O–H groups in total. The minimum atomic E-state index is -3.58. The van der Waals surface area contributed by atoms with Crippen molar-refractivity contribution in [2.45, 2.75) is 25.7 Å². The average Bonchev–Trinajstić information content (AvgIpc) is 2.29. The van der Waals surface area contributed by atoms with E-state index in [4.69, 9.17) is 23.2 Å². The minimum Gasteiger partial charge on any atom is -0.242 e. The van der Waals surface area contributed by atoms with Gasteiger partial charge < -0.3 is 0 Å². The molecule has 0 spiro atoms. The van der Waals surface area contributed by atoms with Gasteiger partial charge in [-0.3, -0.25) is 0 Å². The van der Waals surface area contributed by atoms with Gasteiger partial charge in [-0.05, 0) is 17.9 Å². The number of rotatable bonds is 5. The van der Waals surface area contributed by atoms with Crippen molar-refractivity contribution < 1.29 is 8.42 Å². The third-order valence-corrected chi connectivity index (χ3v) is 4.89. The maximum atomic E-state index is 12.0. The van der Waals surface area contributed by atoms with Crippen LogP contribution in [0.25, 0.3) is 0 Å². The molecule has 18 heavy (non-hydrogen) atoms. The van der Waals surface area contributed by atoms with E-state index in [9.17, 15) is 8.42 Å². The van der Waals surface area contributed by atoms with E-state index in [1.165, 1.54) is 12.3 Å². The topological polar surface area (TPSA) is 59.1 Å². The van der Waals surface area contributed by atoms with Gasteiger partial charge >= 0.3 is 0 Å². The summed E-state index contributed by atoms with van der Waals surface area (Å²) < 4.78 is 26.5. The van der Waals surface area contributed by atoms with Gasteiger partial charge in [0.05, 0.1) is 5.02 Å². The van der Waals surface area contributed by atoms with Crippen molar-refractivity contribution in [3.8, 4) is 0 Å². The molecule has 0 radical (unpaired) electrons. The van der Waals surface area contributed by atoms with Gasteiger partial charge in [-0.25, -0.2) is 18.1 Å². The highest BCUT2D eigenvalue weighted by molar-refractivity contribution is 7.89. The number of hydrogen-bond acceptors (Lipinski definition) is 3. The fourth-order valence-electron chi connectivity index (χ4n) is 1.11. The Morgan fingerprint density at radius 1 is 1.33 bits per heavy atom. The van der Waals surface area contributed by atoms with Crippen molar-refractivity contribution in [2.75, 3.05) is 6.54 Å². The largest absolute Gasteiger partial charge is 0.242 e. The SMILES string of the molecule is CC(C)C(C)CNS(=O)(=O)c1cnc(Cl)c(Cl)c1. The lowest BCUT2D eigenvalue weighted by atomic mass is 9.99. The Labute approximate surface area is 118 Å². The fraction of sp³-hybridized carbons (Fsp3) is 0.545. The lowest BCUT2D eigenvalue weighted by Crippen LogP contribution is -2.30. The number of hydrogen-bond donors (Lipinski definition) is 1.